The number of nitrogens with zero attached hydrogens (tertiary/aromatic N) is 2. The summed E-state index contributed by atoms with van der Waals surface area (Å²) in [5.74, 6) is -1.24. The third kappa shape index (κ3) is 3.66. The van der Waals surface area contributed by atoms with Gasteiger partial charge in [-0.1, -0.05) is 98.8 Å². The first-order valence-electron chi connectivity index (χ1n) is 11.0. The fourth-order valence-electron chi connectivity index (χ4n) is 4.04. The van der Waals surface area contributed by atoms with Gasteiger partial charge in [-0.25, -0.2) is 4.98 Å². The smallest absolute Gasteiger partial charge is 0.242 e. The molecule has 3 aromatic carbocycles. The molecule has 0 aliphatic carbocycles. The van der Waals surface area contributed by atoms with Crippen molar-refractivity contribution in [2.45, 2.75) is 26.2 Å². The van der Waals surface area contributed by atoms with Crippen molar-refractivity contribution in [2.75, 3.05) is 0 Å². The highest BCUT2D eigenvalue weighted by Gasteiger charge is 2.31. The van der Waals surface area contributed by atoms with Gasteiger partial charge in [-0.05, 0) is 28.7 Å². The fourth-order valence-corrected chi connectivity index (χ4v) is 5.01. The van der Waals surface area contributed by atoms with Crippen LogP contribution in [0.5, 0.6) is 11.6 Å². The maximum atomic E-state index is 13.6. The van der Waals surface area contributed by atoms with Crippen molar-refractivity contribution < 1.29 is 15.0 Å². The summed E-state index contributed by atoms with van der Waals surface area (Å²) in [4.78, 5) is 18.2. The highest BCUT2D eigenvalue weighted by Crippen LogP contribution is 2.45. The Kier molecular flexibility index (Phi) is 5.25. The molecule has 170 valence electrons. The van der Waals surface area contributed by atoms with Gasteiger partial charge in [0.15, 0.2) is 16.7 Å². The van der Waals surface area contributed by atoms with Crippen LogP contribution in [-0.4, -0.2) is 25.5 Å². The summed E-state index contributed by atoms with van der Waals surface area (Å²) in [7, 11) is 0. The summed E-state index contributed by atoms with van der Waals surface area (Å²) in [6, 6.07) is 24.3. The Balaban J connectivity index is 1.79. The number of carbonyl (C=O) groups excluding carboxylic acids is 1. The lowest BCUT2D eigenvalue weighted by molar-refractivity contribution is 0.103. The van der Waals surface area contributed by atoms with E-state index in [1.165, 1.54) is 15.9 Å². The number of aromatic hydroxyl groups is 2. The van der Waals surface area contributed by atoms with E-state index in [1.807, 2.05) is 54.6 Å². The minimum Gasteiger partial charge on any atom is -0.503 e. The van der Waals surface area contributed by atoms with Crippen molar-refractivity contribution in [1.29, 1.82) is 0 Å². The average molecular weight is 469 g/mol. The Morgan fingerprint density at radius 2 is 1.53 bits per heavy atom. The minimum atomic E-state index is -0.456. The molecule has 0 spiro atoms. The number of ketones is 1. The molecule has 2 aromatic heterocycles. The molecule has 0 amide bonds. The van der Waals surface area contributed by atoms with Gasteiger partial charge < -0.3 is 10.2 Å². The van der Waals surface area contributed by atoms with Crippen molar-refractivity contribution in [3.8, 4) is 28.0 Å². The van der Waals surface area contributed by atoms with Crippen molar-refractivity contribution >= 4 is 27.3 Å². The van der Waals surface area contributed by atoms with Crippen LogP contribution in [0, 0.1) is 0 Å². The predicted molar refractivity (Wildman–Crippen MR) is 136 cm³/mol. The molecule has 0 aliphatic heterocycles. The van der Waals surface area contributed by atoms with Crippen molar-refractivity contribution in [3.05, 3.63) is 95.6 Å². The summed E-state index contributed by atoms with van der Waals surface area (Å²) in [6.07, 6.45) is 0. The normalized spacial score (nSPS) is 11.7. The zero-order valence-corrected chi connectivity index (χ0v) is 19.9. The lowest BCUT2D eigenvalue weighted by atomic mass is 9.86. The Morgan fingerprint density at radius 3 is 2.18 bits per heavy atom. The molecule has 5 aromatic rings. The number of aromatic nitrogens is 2. The molecular weight excluding hydrogens is 444 g/mol. The predicted octanol–water partition coefficient (Wildman–Crippen LogP) is 6.69. The molecule has 0 saturated heterocycles. The molecule has 0 atom stereocenters. The van der Waals surface area contributed by atoms with Gasteiger partial charge in [-0.2, -0.15) is 0 Å². The second-order valence-electron chi connectivity index (χ2n) is 9.22. The molecule has 5 nitrogen and oxygen atoms in total. The number of thiazole rings is 1. The first kappa shape index (κ1) is 21.9. The Hall–Kier alpha value is -3.90. The van der Waals surface area contributed by atoms with E-state index < -0.39 is 11.6 Å². The number of hydrogen-bond acceptors (Lipinski definition) is 5. The van der Waals surface area contributed by atoms with E-state index in [0.717, 1.165) is 15.8 Å². The largest absolute Gasteiger partial charge is 0.503 e. The van der Waals surface area contributed by atoms with Gasteiger partial charge in [0.2, 0.25) is 5.88 Å². The molecule has 2 N–H and O–H groups in total. The molecule has 0 saturated carbocycles. The molecule has 0 bridgehead atoms. The number of carbonyl (C=O) groups is 1. The van der Waals surface area contributed by atoms with Crippen LogP contribution in [0.3, 0.4) is 0 Å². The van der Waals surface area contributed by atoms with Gasteiger partial charge in [0.05, 0.1) is 21.5 Å². The quantitative estimate of drug-likeness (QED) is 0.288. The van der Waals surface area contributed by atoms with E-state index in [9.17, 15) is 15.0 Å². The van der Waals surface area contributed by atoms with Crippen molar-refractivity contribution in [2.24, 2.45) is 0 Å². The first-order valence-corrected chi connectivity index (χ1v) is 11.8. The number of benzene rings is 3. The van der Waals surface area contributed by atoms with Crippen LogP contribution < -0.4 is 0 Å². The van der Waals surface area contributed by atoms with Gasteiger partial charge in [0, 0.05) is 5.56 Å². The third-order valence-corrected chi connectivity index (χ3v) is 6.90. The van der Waals surface area contributed by atoms with Gasteiger partial charge in [-0.3, -0.25) is 9.36 Å². The summed E-state index contributed by atoms with van der Waals surface area (Å²) >= 11 is 1.38. The van der Waals surface area contributed by atoms with Crippen molar-refractivity contribution in [1.82, 2.24) is 9.55 Å². The topological polar surface area (TPSA) is 75.3 Å². The lowest BCUT2D eigenvalue weighted by Crippen LogP contribution is -2.10. The molecule has 0 aliphatic rings. The van der Waals surface area contributed by atoms with Gasteiger partial charge in [-0.15, -0.1) is 0 Å². The number of fused-ring (bicyclic) bond motifs is 1. The van der Waals surface area contributed by atoms with E-state index in [-0.39, 0.29) is 16.8 Å². The van der Waals surface area contributed by atoms with Gasteiger partial charge in [0.1, 0.15) is 0 Å². The number of hydrogen-bond donors (Lipinski definition) is 2. The van der Waals surface area contributed by atoms with Gasteiger partial charge >= 0.3 is 0 Å². The van der Waals surface area contributed by atoms with Crippen LogP contribution in [0.1, 0.15) is 42.3 Å². The first-order chi connectivity index (χ1) is 16.3. The molecule has 34 heavy (non-hydrogen) atoms. The summed E-state index contributed by atoms with van der Waals surface area (Å²) in [5.41, 5.74) is 3.45. The van der Waals surface area contributed by atoms with Crippen LogP contribution in [0.4, 0.5) is 0 Å². The average Bonchev–Trinajstić information content (AvgIpc) is 3.37. The van der Waals surface area contributed by atoms with Crippen LogP contribution in [-0.2, 0) is 5.41 Å². The molecular formula is C28H24N2O3S. The number of para-hydroxylation sites is 1. The van der Waals surface area contributed by atoms with E-state index in [4.69, 9.17) is 0 Å². The van der Waals surface area contributed by atoms with E-state index in [2.05, 4.69) is 25.8 Å². The standard InChI is InChI=1S/C28H24N2O3S/c1-28(2,3)19-15-13-17(14-16-19)23-22(24(31)18-9-5-4-6-10-18)25(32)26(33)30(23)27-29-20-11-7-8-12-21(20)34-27/h4-16,32-33H,1-3H3. The van der Waals surface area contributed by atoms with Crippen LogP contribution in [0.25, 0.3) is 26.6 Å². The zero-order chi connectivity index (χ0) is 24.0. The Bertz CT molecular complexity index is 1470. The third-order valence-electron chi connectivity index (χ3n) is 5.88. The fraction of sp³-hybridized carbons (Fsp3) is 0.143. The second kappa shape index (κ2) is 8.15. The molecule has 5 rings (SSSR count). The molecule has 6 heteroatoms. The molecule has 0 unspecified atom stereocenters. The minimum absolute atomic E-state index is 0.0411. The summed E-state index contributed by atoms with van der Waals surface area (Å²) < 4.78 is 2.41. The SMILES string of the molecule is CC(C)(C)c1ccc(-c2c(C(=O)c3ccccc3)c(O)c(O)n2-c2nc3ccccc3s2)cc1. The molecule has 0 radical (unpaired) electrons. The lowest BCUT2D eigenvalue weighted by Gasteiger charge is -2.19. The van der Waals surface area contributed by atoms with E-state index in [1.54, 1.807) is 24.3 Å². The maximum Gasteiger partial charge on any atom is 0.242 e. The van der Waals surface area contributed by atoms with Crippen LogP contribution in [0.15, 0.2) is 78.9 Å². The maximum absolute atomic E-state index is 13.6. The zero-order valence-electron chi connectivity index (χ0n) is 19.1. The summed E-state index contributed by atoms with van der Waals surface area (Å²) in [6.45, 7) is 6.40. The Labute approximate surface area is 201 Å². The van der Waals surface area contributed by atoms with Crippen LogP contribution >= 0.6 is 11.3 Å². The Morgan fingerprint density at radius 1 is 0.882 bits per heavy atom. The summed E-state index contributed by atoms with van der Waals surface area (Å²) in [5, 5.41) is 22.5. The molecule has 0 fully saturated rings. The van der Waals surface area contributed by atoms with E-state index >= 15 is 0 Å². The molecule has 2 heterocycles. The van der Waals surface area contributed by atoms with Crippen molar-refractivity contribution in [3.63, 3.8) is 0 Å². The highest BCUT2D eigenvalue weighted by atomic mass is 32.1. The van der Waals surface area contributed by atoms with Crippen LogP contribution in [0.2, 0.25) is 0 Å². The number of rotatable bonds is 4. The second-order valence-corrected chi connectivity index (χ2v) is 10.2. The van der Waals surface area contributed by atoms with E-state index in [0.29, 0.717) is 22.0 Å². The highest BCUT2D eigenvalue weighted by molar-refractivity contribution is 7.20. The van der Waals surface area contributed by atoms with Gasteiger partial charge in [0.25, 0.3) is 0 Å². The monoisotopic (exact) mass is 468 g/mol.